The number of carbonyl (C=O) groups excluding carboxylic acids is 2. The SMILES string of the molecule is CCN1C[C@@H](C)[C@H](OC)CN(C)C(=O)c2cc(NC(=O)Nc3ccc(OC)cc3)ccc2OC[C@H]1C. The smallest absolute Gasteiger partial charge is 0.323 e. The zero-order chi connectivity index (χ0) is 26.2. The zero-order valence-electron chi connectivity index (χ0n) is 22.0. The van der Waals surface area contributed by atoms with Crippen LogP contribution in [0.3, 0.4) is 0 Å². The Hall–Kier alpha value is -3.30. The van der Waals surface area contributed by atoms with Crippen LogP contribution < -0.4 is 20.1 Å². The number of fused-ring (bicyclic) bond motifs is 1. The number of hydrogen-bond donors (Lipinski definition) is 2. The average molecular weight is 499 g/mol. The highest BCUT2D eigenvalue weighted by Crippen LogP contribution is 2.26. The van der Waals surface area contributed by atoms with Gasteiger partial charge in [-0.1, -0.05) is 13.8 Å². The number of hydrogen-bond acceptors (Lipinski definition) is 6. The van der Waals surface area contributed by atoms with Crippen molar-refractivity contribution < 1.29 is 23.8 Å². The molecule has 2 aromatic carbocycles. The van der Waals surface area contributed by atoms with Crippen molar-refractivity contribution in [2.24, 2.45) is 5.92 Å². The number of benzene rings is 2. The molecule has 196 valence electrons. The molecule has 0 fully saturated rings. The maximum Gasteiger partial charge on any atom is 0.323 e. The molecule has 0 spiro atoms. The van der Waals surface area contributed by atoms with Crippen LogP contribution in [0.4, 0.5) is 16.2 Å². The van der Waals surface area contributed by atoms with E-state index in [1.807, 2.05) is 0 Å². The largest absolute Gasteiger partial charge is 0.497 e. The molecule has 36 heavy (non-hydrogen) atoms. The van der Waals surface area contributed by atoms with Crippen LogP contribution in [0.15, 0.2) is 42.5 Å². The molecule has 9 heteroatoms. The van der Waals surface area contributed by atoms with Crippen molar-refractivity contribution in [1.82, 2.24) is 9.80 Å². The molecule has 0 unspecified atom stereocenters. The van der Waals surface area contributed by atoms with Gasteiger partial charge < -0.3 is 29.7 Å². The summed E-state index contributed by atoms with van der Waals surface area (Å²) in [5.74, 6) is 1.21. The first-order valence-corrected chi connectivity index (χ1v) is 12.3. The minimum absolute atomic E-state index is 0.111. The molecule has 0 aliphatic carbocycles. The van der Waals surface area contributed by atoms with Gasteiger partial charge in [-0.3, -0.25) is 9.69 Å². The van der Waals surface area contributed by atoms with Crippen molar-refractivity contribution in [1.29, 1.82) is 0 Å². The van der Waals surface area contributed by atoms with Gasteiger partial charge in [0.25, 0.3) is 5.91 Å². The molecule has 2 N–H and O–H groups in total. The average Bonchev–Trinajstić information content (AvgIpc) is 2.88. The lowest BCUT2D eigenvalue weighted by atomic mass is 10.0. The highest BCUT2D eigenvalue weighted by molar-refractivity contribution is 6.02. The number of carbonyl (C=O) groups is 2. The second-order valence-corrected chi connectivity index (χ2v) is 9.20. The van der Waals surface area contributed by atoms with Gasteiger partial charge in [0.05, 0.1) is 18.8 Å². The molecule has 3 rings (SSSR count). The highest BCUT2D eigenvalue weighted by Gasteiger charge is 2.28. The van der Waals surface area contributed by atoms with E-state index in [0.717, 1.165) is 13.1 Å². The molecule has 0 saturated carbocycles. The first-order chi connectivity index (χ1) is 17.2. The summed E-state index contributed by atoms with van der Waals surface area (Å²) in [5, 5.41) is 5.58. The van der Waals surface area contributed by atoms with Crippen molar-refractivity contribution in [2.45, 2.75) is 32.9 Å². The Morgan fingerprint density at radius 1 is 1.06 bits per heavy atom. The lowest BCUT2D eigenvalue weighted by Gasteiger charge is -2.35. The third-order valence-corrected chi connectivity index (χ3v) is 6.59. The lowest BCUT2D eigenvalue weighted by Crippen LogP contribution is -2.46. The summed E-state index contributed by atoms with van der Waals surface area (Å²) in [4.78, 5) is 30.0. The van der Waals surface area contributed by atoms with Gasteiger partial charge >= 0.3 is 6.03 Å². The standard InChI is InChI=1S/C27H38N4O5/c1-7-31-15-18(2)25(35-6)16-30(4)26(32)23-14-21(10-13-24(23)36-17-19(31)3)29-27(33)28-20-8-11-22(34-5)12-9-20/h8-14,18-19,25H,7,15-17H2,1-6H3,(H2,28,29,33)/t18-,19-,25-/m1/s1. The van der Waals surface area contributed by atoms with Gasteiger partial charge in [0.2, 0.25) is 0 Å². The van der Waals surface area contributed by atoms with E-state index in [-0.39, 0.29) is 24.0 Å². The van der Waals surface area contributed by atoms with Crippen LogP contribution in [0.1, 0.15) is 31.1 Å². The number of anilines is 2. The molecule has 0 aromatic heterocycles. The Morgan fingerprint density at radius 2 is 1.72 bits per heavy atom. The fourth-order valence-corrected chi connectivity index (χ4v) is 4.34. The monoisotopic (exact) mass is 498 g/mol. The summed E-state index contributed by atoms with van der Waals surface area (Å²) in [6.45, 7) is 9.02. The molecular weight excluding hydrogens is 460 g/mol. The quantitative estimate of drug-likeness (QED) is 0.643. The molecule has 1 aliphatic rings. The number of amides is 3. The van der Waals surface area contributed by atoms with E-state index in [2.05, 4.69) is 36.3 Å². The van der Waals surface area contributed by atoms with Crippen LogP contribution in [-0.4, -0.2) is 81.4 Å². The summed E-state index contributed by atoms with van der Waals surface area (Å²) < 4.78 is 17.0. The number of likely N-dealkylation sites (N-methyl/N-ethyl adjacent to an activating group) is 2. The van der Waals surface area contributed by atoms with Gasteiger partial charge in [0, 0.05) is 44.7 Å². The number of ether oxygens (including phenoxy) is 3. The van der Waals surface area contributed by atoms with Crippen LogP contribution in [0.5, 0.6) is 11.5 Å². The first kappa shape index (κ1) is 27.3. The minimum atomic E-state index is -0.421. The molecule has 0 saturated heterocycles. The van der Waals surface area contributed by atoms with Crippen LogP contribution >= 0.6 is 0 Å². The second kappa shape index (κ2) is 12.6. The summed E-state index contributed by atoms with van der Waals surface area (Å²) >= 11 is 0. The van der Waals surface area contributed by atoms with E-state index >= 15 is 0 Å². The Balaban J connectivity index is 1.83. The van der Waals surface area contributed by atoms with Crippen LogP contribution in [-0.2, 0) is 4.74 Å². The number of urea groups is 1. The van der Waals surface area contributed by atoms with Crippen molar-refractivity contribution in [2.75, 3.05) is 58.1 Å². The van der Waals surface area contributed by atoms with E-state index in [0.29, 0.717) is 41.6 Å². The fourth-order valence-electron chi connectivity index (χ4n) is 4.34. The molecular formula is C27H38N4O5. The van der Waals surface area contributed by atoms with Gasteiger partial charge in [-0.2, -0.15) is 0 Å². The Bertz CT molecular complexity index is 1030. The number of methoxy groups -OCH3 is 2. The normalized spacial score (nSPS) is 21.4. The molecule has 1 heterocycles. The molecule has 1 aliphatic heterocycles. The van der Waals surface area contributed by atoms with Crippen LogP contribution in [0.25, 0.3) is 0 Å². The fraction of sp³-hybridized carbons (Fsp3) is 0.481. The molecule has 3 amide bonds. The predicted octanol–water partition coefficient (Wildman–Crippen LogP) is 4.17. The highest BCUT2D eigenvalue weighted by atomic mass is 16.5. The Kier molecular flexibility index (Phi) is 9.55. The maximum atomic E-state index is 13.5. The maximum absolute atomic E-state index is 13.5. The van der Waals surface area contributed by atoms with E-state index in [1.54, 1.807) is 68.6 Å². The third-order valence-electron chi connectivity index (χ3n) is 6.59. The second-order valence-electron chi connectivity index (χ2n) is 9.20. The molecule has 0 radical (unpaired) electrons. The summed E-state index contributed by atoms with van der Waals surface area (Å²) in [5.41, 5.74) is 1.49. The van der Waals surface area contributed by atoms with Crippen molar-refractivity contribution in [3.05, 3.63) is 48.0 Å². The molecule has 9 nitrogen and oxygen atoms in total. The van der Waals surface area contributed by atoms with Crippen molar-refractivity contribution in [3.63, 3.8) is 0 Å². The van der Waals surface area contributed by atoms with E-state index < -0.39 is 6.03 Å². The van der Waals surface area contributed by atoms with Gasteiger partial charge in [0.1, 0.15) is 18.1 Å². The van der Waals surface area contributed by atoms with E-state index in [4.69, 9.17) is 14.2 Å². The third kappa shape index (κ3) is 6.89. The van der Waals surface area contributed by atoms with Gasteiger partial charge in [-0.05, 0) is 61.9 Å². The number of nitrogens with one attached hydrogen (secondary N) is 2. The van der Waals surface area contributed by atoms with Crippen molar-refractivity contribution in [3.8, 4) is 11.5 Å². The predicted molar refractivity (Wildman–Crippen MR) is 141 cm³/mol. The summed E-state index contributed by atoms with van der Waals surface area (Å²) in [6, 6.07) is 11.9. The number of rotatable bonds is 5. The molecule has 0 bridgehead atoms. The first-order valence-electron chi connectivity index (χ1n) is 12.3. The summed E-state index contributed by atoms with van der Waals surface area (Å²) in [7, 11) is 5.03. The van der Waals surface area contributed by atoms with Gasteiger partial charge in [-0.25, -0.2) is 4.79 Å². The lowest BCUT2D eigenvalue weighted by molar-refractivity contribution is 0.0116. The Morgan fingerprint density at radius 3 is 2.36 bits per heavy atom. The number of nitrogens with zero attached hydrogens (tertiary/aromatic N) is 2. The van der Waals surface area contributed by atoms with Crippen LogP contribution in [0.2, 0.25) is 0 Å². The van der Waals surface area contributed by atoms with Crippen LogP contribution in [0, 0.1) is 5.92 Å². The minimum Gasteiger partial charge on any atom is -0.497 e. The molecule has 2 aromatic rings. The zero-order valence-corrected chi connectivity index (χ0v) is 22.0. The summed E-state index contributed by atoms with van der Waals surface area (Å²) in [6.07, 6.45) is -0.111. The van der Waals surface area contributed by atoms with E-state index in [1.165, 1.54) is 0 Å². The van der Waals surface area contributed by atoms with Gasteiger partial charge in [0.15, 0.2) is 0 Å². The van der Waals surface area contributed by atoms with E-state index in [9.17, 15) is 9.59 Å². The molecule has 3 atom stereocenters. The Labute approximate surface area is 213 Å². The van der Waals surface area contributed by atoms with Gasteiger partial charge in [-0.15, -0.1) is 0 Å². The topological polar surface area (TPSA) is 92.4 Å². The van der Waals surface area contributed by atoms with Crippen molar-refractivity contribution >= 4 is 23.3 Å².